The van der Waals surface area contributed by atoms with Crippen molar-refractivity contribution in [1.82, 2.24) is 5.32 Å². The molecule has 1 unspecified atom stereocenters. The van der Waals surface area contributed by atoms with Gasteiger partial charge in [-0.05, 0) is 58.1 Å². The molecule has 0 aromatic heterocycles. The molecule has 1 aromatic rings. The highest BCUT2D eigenvalue weighted by Gasteiger charge is 2.17. The Balaban J connectivity index is 2.63. The molecule has 0 bridgehead atoms. The van der Waals surface area contributed by atoms with Gasteiger partial charge in [-0.3, -0.25) is 0 Å². The van der Waals surface area contributed by atoms with E-state index in [0.717, 1.165) is 6.54 Å². The van der Waals surface area contributed by atoms with Crippen LogP contribution in [0.25, 0.3) is 0 Å². The Morgan fingerprint density at radius 3 is 2.33 bits per heavy atom. The summed E-state index contributed by atoms with van der Waals surface area (Å²) >= 11 is 0. The van der Waals surface area contributed by atoms with Crippen molar-refractivity contribution in [3.8, 4) is 0 Å². The van der Waals surface area contributed by atoms with Gasteiger partial charge in [-0.25, -0.2) is 0 Å². The molecule has 1 rings (SSSR count). The second kappa shape index (κ2) is 6.38. The van der Waals surface area contributed by atoms with Gasteiger partial charge in [-0.2, -0.15) is 0 Å². The summed E-state index contributed by atoms with van der Waals surface area (Å²) in [4.78, 5) is 0. The number of benzene rings is 1. The Labute approximate surface area is 113 Å². The molecule has 0 aliphatic rings. The summed E-state index contributed by atoms with van der Waals surface area (Å²) < 4.78 is 0. The van der Waals surface area contributed by atoms with E-state index in [9.17, 15) is 0 Å². The highest BCUT2D eigenvalue weighted by atomic mass is 14.9. The predicted molar refractivity (Wildman–Crippen MR) is 81.0 cm³/mol. The molecule has 0 aliphatic carbocycles. The zero-order valence-electron chi connectivity index (χ0n) is 12.9. The molecule has 1 N–H and O–H groups in total. The molecule has 1 aromatic carbocycles. The van der Waals surface area contributed by atoms with E-state index in [1.807, 2.05) is 0 Å². The van der Waals surface area contributed by atoms with Crippen molar-refractivity contribution in [2.45, 2.75) is 53.5 Å². The van der Waals surface area contributed by atoms with Crippen LogP contribution >= 0.6 is 0 Å². The maximum absolute atomic E-state index is 3.64. The average Bonchev–Trinajstić information content (AvgIpc) is 2.22. The summed E-state index contributed by atoms with van der Waals surface area (Å²) in [5.41, 5.74) is 3.03. The van der Waals surface area contributed by atoms with E-state index in [-0.39, 0.29) is 5.54 Å². The van der Waals surface area contributed by atoms with Gasteiger partial charge in [0, 0.05) is 5.54 Å². The fraction of sp³-hybridized carbons (Fsp3) is 0.647. The largest absolute Gasteiger partial charge is 0.312 e. The molecule has 0 radical (unpaired) electrons. The molecule has 102 valence electrons. The van der Waals surface area contributed by atoms with Crippen molar-refractivity contribution in [2.75, 3.05) is 6.54 Å². The molecule has 0 aliphatic heterocycles. The molecule has 0 spiro atoms. The zero-order chi connectivity index (χ0) is 13.8. The highest BCUT2D eigenvalue weighted by molar-refractivity contribution is 5.22. The molecule has 1 nitrogen and oxygen atoms in total. The van der Waals surface area contributed by atoms with Gasteiger partial charge in [0.2, 0.25) is 0 Å². The molecular formula is C17H29N. The SMILES string of the molecule is Cc1cccc(CC(CNC(C)(C)C)C(C)C)c1. The van der Waals surface area contributed by atoms with E-state index in [2.05, 4.69) is 71.1 Å². The Morgan fingerprint density at radius 2 is 1.83 bits per heavy atom. The van der Waals surface area contributed by atoms with Crippen LogP contribution in [0.4, 0.5) is 0 Å². The Morgan fingerprint density at radius 1 is 1.17 bits per heavy atom. The maximum Gasteiger partial charge on any atom is 0.00966 e. The van der Waals surface area contributed by atoms with Gasteiger partial charge in [0.15, 0.2) is 0 Å². The standard InChI is InChI=1S/C17H29N/c1-13(2)16(12-18-17(4,5)6)11-15-9-7-8-14(3)10-15/h7-10,13,16,18H,11-12H2,1-6H3. The Kier molecular flexibility index (Phi) is 5.40. The second-order valence-corrected chi connectivity index (χ2v) is 6.83. The van der Waals surface area contributed by atoms with E-state index in [0.29, 0.717) is 11.8 Å². The molecule has 18 heavy (non-hydrogen) atoms. The van der Waals surface area contributed by atoms with Crippen molar-refractivity contribution >= 4 is 0 Å². The normalized spacial score (nSPS) is 13.9. The lowest BCUT2D eigenvalue weighted by atomic mass is 9.88. The number of rotatable bonds is 5. The molecule has 0 saturated heterocycles. The van der Waals surface area contributed by atoms with E-state index in [1.54, 1.807) is 0 Å². The minimum atomic E-state index is 0.208. The van der Waals surface area contributed by atoms with Gasteiger partial charge in [-0.15, -0.1) is 0 Å². The second-order valence-electron chi connectivity index (χ2n) is 6.83. The van der Waals surface area contributed by atoms with Gasteiger partial charge < -0.3 is 5.32 Å². The first-order valence-electron chi connectivity index (χ1n) is 7.08. The summed E-state index contributed by atoms with van der Waals surface area (Å²) in [6.45, 7) is 14.6. The molecule has 1 atom stereocenters. The molecule has 0 fully saturated rings. The predicted octanol–water partition coefficient (Wildman–Crippen LogP) is 4.20. The quantitative estimate of drug-likeness (QED) is 0.822. The van der Waals surface area contributed by atoms with Crippen molar-refractivity contribution in [2.24, 2.45) is 11.8 Å². The third-order valence-corrected chi connectivity index (χ3v) is 3.42. The number of aryl methyl sites for hydroxylation is 1. The van der Waals surface area contributed by atoms with E-state index in [1.165, 1.54) is 17.5 Å². The van der Waals surface area contributed by atoms with Gasteiger partial charge in [0.05, 0.1) is 0 Å². The molecule has 0 heterocycles. The first kappa shape index (κ1) is 15.2. The van der Waals surface area contributed by atoms with Crippen LogP contribution in [0.15, 0.2) is 24.3 Å². The number of hydrogen-bond acceptors (Lipinski definition) is 1. The van der Waals surface area contributed by atoms with E-state index in [4.69, 9.17) is 0 Å². The van der Waals surface area contributed by atoms with Crippen molar-refractivity contribution in [1.29, 1.82) is 0 Å². The smallest absolute Gasteiger partial charge is 0.00966 e. The van der Waals surface area contributed by atoms with Crippen LogP contribution in [0, 0.1) is 18.8 Å². The van der Waals surface area contributed by atoms with Crippen molar-refractivity contribution < 1.29 is 0 Å². The Bertz CT molecular complexity index is 360. The summed E-state index contributed by atoms with van der Waals surface area (Å²) in [6.07, 6.45) is 1.17. The fourth-order valence-corrected chi connectivity index (χ4v) is 2.12. The van der Waals surface area contributed by atoms with Gasteiger partial charge in [0.25, 0.3) is 0 Å². The van der Waals surface area contributed by atoms with Crippen molar-refractivity contribution in [3.05, 3.63) is 35.4 Å². The lowest BCUT2D eigenvalue weighted by Gasteiger charge is -2.27. The molecular weight excluding hydrogens is 218 g/mol. The van der Waals surface area contributed by atoms with Crippen LogP contribution < -0.4 is 5.32 Å². The molecule has 1 heteroatoms. The van der Waals surface area contributed by atoms with E-state index >= 15 is 0 Å². The summed E-state index contributed by atoms with van der Waals surface area (Å²) in [5.74, 6) is 1.41. The Hall–Kier alpha value is -0.820. The molecule has 0 amide bonds. The minimum absolute atomic E-state index is 0.208. The van der Waals surface area contributed by atoms with Crippen LogP contribution in [-0.4, -0.2) is 12.1 Å². The summed E-state index contributed by atoms with van der Waals surface area (Å²) in [6, 6.07) is 8.90. The van der Waals surface area contributed by atoms with Crippen LogP contribution in [0.1, 0.15) is 45.7 Å². The van der Waals surface area contributed by atoms with Crippen molar-refractivity contribution in [3.63, 3.8) is 0 Å². The minimum Gasteiger partial charge on any atom is -0.312 e. The molecule has 0 saturated carbocycles. The average molecular weight is 247 g/mol. The highest BCUT2D eigenvalue weighted by Crippen LogP contribution is 2.18. The van der Waals surface area contributed by atoms with E-state index < -0.39 is 0 Å². The fourth-order valence-electron chi connectivity index (χ4n) is 2.12. The monoisotopic (exact) mass is 247 g/mol. The van der Waals surface area contributed by atoms with Crippen LogP contribution in [0.2, 0.25) is 0 Å². The number of hydrogen-bond donors (Lipinski definition) is 1. The zero-order valence-corrected chi connectivity index (χ0v) is 12.9. The first-order chi connectivity index (χ1) is 8.28. The van der Waals surface area contributed by atoms with Crippen LogP contribution in [-0.2, 0) is 6.42 Å². The van der Waals surface area contributed by atoms with Crippen LogP contribution in [0.5, 0.6) is 0 Å². The van der Waals surface area contributed by atoms with Gasteiger partial charge >= 0.3 is 0 Å². The summed E-state index contributed by atoms with van der Waals surface area (Å²) in [5, 5.41) is 3.64. The van der Waals surface area contributed by atoms with Crippen LogP contribution in [0.3, 0.4) is 0 Å². The van der Waals surface area contributed by atoms with Gasteiger partial charge in [-0.1, -0.05) is 43.7 Å². The maximum atomic E-state index is 3.64. The lowest BCUT2D eigenvalue weighted by Crippen LogP contribution is -2.40. The number of nitrogens with one attached hydrogen (secondary N) is 1. The third kappa shape index (κ3) is 5.68. The first-order valence-corrected chi connectivity index (χ1v) is 7.08. The van der Waals surface area contributed by atoms with Gasteiger partial charge in [0.1, 0.15) is 0 Å². The third-order valence-electron chi connectivity index (χ3n) is 3.42. The summed E-state index contributed by atoms with van der Waals surface area (Å²) in [7, 11) is 0. The lowest BCUT2D eigenvalue weighted by molar-refractivity contribution is 0.312. The topological polar surface area (TPSA) is 12.0 Å².